The number of nitrogens with zero attached hydrogens (tertiary/aromatic N) is 2. The number of likely N-dealkylation sites (tertiary alicyclic amines) is 1. The van der Waals surface area contributed by atoms with E-state index in [1.54, 1.807) is 0 Å². The molecule has 1 saturated heterocycles. The maximum atomic E-state index is 4.61. The van der Waals surface area contributed by atoms with Crippen molar-refractivity contribution in [2.45, 2.75) is 39.5 Å². The highest BCUT2D eigenvalue weighted by Crippen LogP contribution is 2.15. The van der Waals surface area contributed by atoms with Gasteiger partial charge in [0.15, 0.2) is 5.96 Å². The summed E-state index contributed by atoms with van der Waals surface area (Å²) in [6.45, 7) is 11.1. The normalized spacial score (nSPS) is 17.1. The number of aliphatic imine (C=N–C) groups is 1. The largest absolute Gasteiger partial charge is 0.357 e. The first-order valence-corrected chi connectivity index (χ1v) is 9.89. The van der Waals surface area contributed by atoms with Crippen LogP contribution in [0.2, 0.25) is 0 Å². The van der Waals surface area contributed by atoms with Gasteiger partial charge in [-0.05, 0) is 70.2 Å². The third kappa shape index (κ3) is 10.9. The molecule has 1 aliphatic rings. The third-order valence-corrected chi connectivity index (χ3v) is 4.64. The molecule has 132 valence electrons. The van der Waals surface area contributed by atoms with Gasteiger partial charge in [0.1, 0.15) is 0 Å². The molecular weight excluding hydrogens is 407 g/mol. The van der Waals surface area contributed by atoms with Gasteiger partial charge < -0.3 is 15.5 Å². The molecule has 1 aliphatic heterocycles. The van der Waals surface area contributed by atoms with E-state index in [1.165, 1.54) is 44.6 Å². The van der Waals surface area contributed by atoms with Crippen molar-refractivity contribution in [3.63, 3.8) is 0 Å². The molecule has 0 aliphatic carbocycles. The van der Waals surface area contributed by atoms with Crippen molar-refractivity contribution in [1.29, 1.82) is 0 Å². The summed E-state index contributed by atoms with van der Waals surface area (Å²) in [6, 6.07) is 0. The summed E-state index contributed by atoms with van der Waals surface area (Å²) in [5, 5.41) is 6.77. The van der Waals surface area contributed by atoms with Gasteiger partial charge in [-0.15, -0.1) is 24.0 Å². The van der Waals surface area contributed by atoms with Crippen LogP contribution < -0.4 is 10.6 Å². The molecule has 0 amide bonds. The first-order chi connectivity index (χ1) is 10.3. The quantitative estimate of drug-likeness (QED) is 0.249. The highest BCUT2D eigenvalue weighted by Gasteiger charge is 2.14. The van der Waals surface area contributed by atoms with Crippen molar-refractivity contribution in [3.05, 3.63) is 0 Å². The monoisotopic (exact) mass is 442 g/mol. The Hall–Kier alpha value is 0.310. The molecule has 1 heterocycles. The minimum absolute atomic E-state index is 0. The Morgan fingerprint density at radius 1 is 1.23 bits per heavy atom. The summed E-state index contributed by atoms with van der Waals surface area (Å²) >= 11 is 1.89. The predicted molar refractivity (Wildman–Crippen MR) is 112 cm³/mol. The molecular formula is C16H35IN4S. The van der Waals surface area contributed by atoms with Crippen LogP contribution in [0.5, 0.6) is 0 Å². The van der Waals surface area contributed by atoms with E-state index in [4.69, 9.17) is 0 Å². The van der Waals surface area contributed by atoms with Crippen LogP contribution in [0, 0.1) is 5.92 Å². The molecule has 22 heavy (non-hydrogen) atoms. The van der Waals surface area contributed by atoms with Crippen LogP contribution in [-0.2, 0) is 0 Å². The molecule has 1 fully saturated rings. The lowest BCUT2D eigenvalue weighted by molar-refractivity contribution is 0.191. The van der Waals surface area contributed by atoms with E-state index in [-0.39, 0.29) is 24.0 Å². The van der Waals surface area contributed by atoms with Crippen molar-refractivity contribution in [1.82, 2.24) is 15.5 Å². The summed E-state index contributed by atoms with van der Waals surface area (Å²) in [7, 11) is 0. The smallest absolute Gasteiger partial charge is 0.191 e. The molecule has 0 radical (unpaired) electrons. The Morgan fingerprint density at radius 3 is 2.59 bits per heavy atom. The highest BCUT2D eigenvalue weighted by atomic mass is 127. The molecule has 0 saturated carbocycles. The van der Waals surface area contributed by atoms with E-state index in [1.807, 2.05) is 11.8 Å². The van der Waals surface area contributed by atoms with Crippen molar-refractivity contribution < 1.29 is 0 Å². The highest BCUT2D eigenvalue weighted by molar-refractivity contribution is 14.0. The fourth-order valence-corrected chi connectivity index (χ4v) is 2.95. The van der Waals surface area contributed by atoms with E-state index in [2.05, 4.69) is 40.6 Å². The van der Waals surface area contributed by atoms with Crippen LogP contribution in [0.15, 0.2) is 4.99 Å². The average Bonchev–Trinajstić information content (AvgIpc) is 2.49. The molecule has 0 aromatic heterocycles. The second kappa shape index (κ2) is 14.9. The topological polar surface area (TPSA) is 39.7 Å². The molecule has 0 aromatic carbocycles. The zero-order chi connectivity index (χ0) is 15.3. The molecule has 0 aromatic rings. The first-order valence-electron chi connectivity index (χ1n) is 8.49. The van der Waals surface area contributed by atoms with E-state index in [0.717, 1.165) is 37.9 Å². The lowest BCUT2D eigenvalue weighted by Gasteiger charge is -2.30. The summed E-state index contributed by atoms with van der Waals surface area (Å²) in [6.07, 6.45) is 7.24. The summed E-state index contributed by atoms with van der Waals surface area (Å²) in [5.41, 5.74) is 0. The van der Waals surface area contributed by atoms with Gasteiger partial charge in [-0.25, -0.2) is 0 Å². The van der Waals surface area contributed by atoms with Gasteiger partial charge >= 0.3 is 0 Å². The number of guanidine groups is 1. The van der Waals surface area contributed by atoms with Crippen LogP contribution >= 0.6 is 35.7 Å². The molecule has 0 unspecified atom stereocenters. The van der Waals surface area contributed by atoms with Crippen molar-refractivity contribution in [2.75, 3.05) is 51.3 Å². The van der Waals surface area contributed by atoms with Gasteiger partial charge in [-0.1, -0.05) is 6.92 Å². The van der Waals surface area contributed by atoms with Crippen LogP contribution in [0.4, 0.5) is 0 Å². The van der Waals surface area contributed by atoms with E-state index < -0.39 is 0 Å². The lowest BCUT2D eigenvalue weighted by atomic mass is 9.99. The zero-order valence-electron chi connectivity index (χ0n) is 14.6. The number of thioether (sulfide) groups is 1. The fraction of sp³-hybridized carbons (Fsp3) is 0.938. The molecule has 1 rings (SSSR count). The molecule has 2 N–H and O–H groups in total. The number of halogens is 1. The standard InChI is InChI=1S/C16H34N4S.HI/c1-4-17-16(19-10-6-14-21-3)18-9-5-11-20-12-7-15(2)8-13-20;/h15H,4-14H2,1-3H3,(H2,17,18,19);1H. The van der Waals surface area contributed by atoms with Crippen LogP contribution in [0.1, 0.15) is 39.5 Å². The summed E-state index contributed by atoms with van der Waals surface area (Å²) in [5.74, 6) is 3.09. The number of nitrogens with one attached hydrogen (secondary N) is 2. The van der Waals surface area contributed by atoms with E-state index in [0.29, 0.717) is 0 Å². The minimum Gasteiger partial charge on any atom is -0.357 e. The Labute approximate surface area is 158 Å². The second-order valence-electron chi connectivity index (χ2n) is 5.91. The Balaban J connectivity index is 0.00000441. The van der Waals surface area contributed by atoms with Crippen LogP contribution in [0.3, 0.4) is 0 Å². The summed E-state index contributed by atoms with van der Waals surface area (Å²) < 4.78 is 0. The first kappa shape index (κ1) is 22.3. The van der Waals surface area contributed by atoms with Crippen molar-refractivity contribution >= 4 is 41.7 Å². The van der Waals surface area contributed by atoms with Gasteiger partial charge in [0.05, 0.1) is 0 Å². The third-order valence-electron chi connectivity index (χ3n) is 3.94. The maximum Gasteiger partial charge on any atom is 0.191 e. The lowest BCUT2D eigenvalue weighted by Crippen LogP contribution is -2.39. The average molecular weight is 442 g/mol. The number of hydrogen-bond acceptors (Lipinski definition) is 3. The Kier molecular flexibility index (Phi) is 15.1. The number of piperidine rings is 1. The zero-order valence-corrected chi connectivity index (χ0v) is 17.7. The number of hydrogen-bond donors (Lipinski definition) is 2. The van der Waals surface area contributed by atoms with Gasteiger partial charge in [-0.2, -0.15) is 11.8 Å². The van der Waals surface area contributed by atoms with Crippen molar-refractivity contribution in [2.24, 2.45) is 10.9 Å². The number of rotatable bonds is 9. The van der Waals surface area contributed by atoms with E-state index in [9.17, 15) is 0 Å². The predicted octanol–water partition coefficient (Wildman–Crippen LogP) is 3.03. The van der Waals surface area contributed by atoms with Gasteiger partial charge in [-0.3, -0.25) is 4.99 Å². The van der Waals surface area contributed by atoms with Gasteiger partial charge in [0, 0.05) is 19.6 Å². The maximum absolute atomic E-state index is 4.61. The SMILES string of the molecule is CCNC(=NCCCSC)NCCCN1CCC(C)CC1.I. The van der Waals surface area contributed by atoms with Crippen molar-refractivity contribution in [3.8, 4) is 0 Å². The van der Waals surface area contributed by atoms with Crippen LogP contribution in [-0.4, -0.2) is 62.1 Å². The van der Waals surface area contributed by atoms with Gasteiger partial charge in [0.2, 0.25) is 0 Å². The molecule has 0 atom stereocenters. The molecule has 4 nitrogen and oxygen atoms in total. The molecule has 6 heteroatoms. The minimum atomic E-state index is 0. The Bertz CT molecular complexity index is 281. The summed E-state index contributed by atoms with van der Waals surface area (Å²) in [4.78, 5) is 7.21. The molecule has 0 bridgehead atoms. The second-order valence-corrected chi connectivity index (χ2v) is 6.90. The molecule has 0 spiro atoms. The van der Waals surface area contributed by atoms with E-state index >= 15 is 0 Å². The fourth-order valence-electron chi connectivity index (χ4n) is 2.54. The van der Waals surface area contributed by atoms with Crippen LogP contribution in [0.25, 0.3) is 0 Å². The Morgan fingerprint density at radius 2 is 1.95 bits per heavy atom. The van der Waals surface area contributed by atoms with Gasteiger partial charge in [0.25, 0.3) is 0 Å².